The lowest BCUT2D eigenvalue weighted by molar-refractivity contribution is -0.912. The van der Waals surface area contributed by atoms with Crippen molar-refractivity contribution in [2.45, 2.75) is 6.42 Å². The summed E-state index contributed by atoms with van der Waals surface area (Å²) >= 11 is 6.51. The number of rotatable bonds is 10. The van der Waals surface area contributed by atoms with Crippen LogP contribution >= 0.6 is 24.0 Å². The van der Waals surface area contributed by atoms with Crippen molar-refractivity contribution in [3.05, 3.63) is 64.6 Å². The highest BCUT2D eigenvalue weighted by Crippen LogP contribution is 2.37. The smallest absolute Gasteiger partial charge is 0.359 e. The molecule has 294 valence electrons. The van der Waals surface area contributed by atoms with Crippen molar-refractivity contribution in [3.63, 3.8) is 0 Å². The largest absolute Gasteiger partial charge is 1.00 e. The Morgan fingerprint density at radius 1 is 1.02 bits per heavy atom. The van der Waals surface area contributed by atoms with Crippen LogP contribution in [0.15, 0.2) is 36.5 Å². The maximum absolute atomic E-state index is 14.7. The standard InChI is InChI=1S/C35H41ClF2N8O6.2ClH/c1-42-27(25-6-7-28(52-2)31(38)30(25)37)15-40-32(42)33(49)41-23-4-5-24(26(36)14-23)34(50)43-9-11-44(12-10-43)35(51)45-16-21-18-46(13-3-8-39,20-29(47)48)19-22(21)17-45;;/h4-7,14-15,21-22H,3,8-13,16-20,39H2,1-2H3,(H-,41,47,48,49,50);2*1H/t21-,22+,46?;;. The number of piperazine rings is 1. The number of carbonyl (C=O) groups excluding carboxylic acids is 3. The Labute approximate surface area is 328 Å². The first kappa shape index (κ1) is 42.5. The third-order valence-corrected chi connectivity index (χ3v) is 10.7. The zero-order valence-corrected chi connectivity index (χ0v) is 32.1. The number of carboxylic acids is 1. The minimum absolute atomic E-state index is 0. The van der Waals surface area contributed by atoms with Crippen LogP contribution in [0.4, 0.5) is 19.3 Å². The Morgan fingerprint density at radius 2 is 1.67 bits per heavy atom. The molecule has 1 unspecified atom stereocenters. The number of methoxy groups -OCH3 is 1. The third kappa shape index (κ3) is 8.52. The highest BCUT2D eigenvalue weighted by atomic mass is 35.5. The second kappa shape index (κ2) is 17.5. The topological polar surface area (TPSA) is 163 Å². The summed E-state index contributed by atoms with van der Waals surface area (Å²) in [4.78, 5) is 60.9. The first-order chi connectivity index (χ1) is 24.8. The van der Waals surface area contributed by atoms with Crippen LogP contribution in [0.3, 0.4) is 0 Å². The Morgan fingerprint density at radius 3 is 2.26 bits per heavy atom. The molecule has 2 aromatic carbocycles. The Hall–Kier alpha value is -4.22. The summed E-state index contributed by atoms with van der Waals surface area (Å²) in [5.41, 5.74) is 6.32. The van der Waals surface area contributed by atoms with Gasteiger partial charge < -0.3 is 57.1 Å². The van der Waals surface area contributed by atoms with Gasteiger partial charge in [-0.15, -0.1) is 12.4 Å². The number of aromatic nitrogens is 2. The Kier molecular flexibility index (Phi) is 13.8. The van der Waals surface area contributed by atoms with Crippen molar-refractivity contribution in [2.24, 2.45) is 24.6 Å². The summed E-state index contributed by atoms with van der Waals surface area (Å²) in [5, 5.41) is 12.3. The number of halogens is 5. The van der Waals surface area contributed by atoms with E-state index in [1.807, 2.05) is 4.90 Å². The second-order valence-corrected chi connectivity index (χ2v) is 14.1. The van der Waals surface area contributed by atoms with Crippen molar-refractivity contribution >= 4 is 53.5 Å². The number of nitrogens with zero attached hydrogens (tertiary/aromatic N) is 6. The molecule has 0 radical (unpaired) electrons. The molecule has 3 atom stereocenters. The minimum atomic E-state index is -1.15. The van der Waals surface area contributed by atoms with Crippen LogP contribution in [0.2, 0.25) is 5.02 Å². The van der Waals surface area contributed by atoms with E-state index in [1.54, 1.807) is 9.80 Å². The van der Waals surface area contributed by atoms with Gasteiger partial charge in [0.25, 0.3) is 11.8 Å². The van der Waals surface area contributed by atoms with Gasteiger partial charge in [0, 0.05) is 75.8 Å². The average Bonchev–Trinajstić information content (AvgIpc) is 3.79. The number of carboxylic acid groups (broad SMARTS) is 1. The fourth-order valence-electron chi connectivity index (χ4n) is 7.86. The molecule has 4 N–H and O–H groups in total. The number of hydrogen-bond donors (Lipinski definition) is 3. The van der Waals surface area contributed by atoms with Gasteiger partial charge in [0.15, 0.2) is 23.9 Å². The van der Waals surface area contributed by atoms with Gasteiger partial charge >= 0.3 is 12.0 Å². The van der Waals surface area contributed by atoms with E-state index in [4.69, 9.17) is 22.1 Å². The van der Waals surface area contributed by atoms with Crippen molar-refractivity contribution in [3.8, 4) is 17.0 Å². The molecular weight excluding hydrogens is 773 g/mol. The Balaban J connectivity index is 0.00000325. The molecule has 3 aliphatic heterocycles. The summed E-state index contributed by atoms with van der Waals surface area (Å²) < 4.78 is 35.7. The number of aliphatic carboxylic acids is 1. The van der Waals surface area contributed by atoms with Crippen molar-refractivity contribution < 1.29 is 54.7 Å². The van der Waals surface area contributed by atoms with E-state index in [0.717, 1.165) is 26.1 Å². The molecule has 3 aliphatic rings. The van der Waals surface area contributed by atoms with Crippen molar-refractivity contribution in [2.75, 3.05) is 84.4 Å². The normalized spacial score (nSPS) is 20.5. The van der Waals surface area contributed by atoms with Crippen LogP contribution < -0.4 is 28.2 Å². The van der Waals surface area contributed by atoms with Gasteiger partial charge in [-0.25, -0.2) is 19.0 Å². The number of quaternary nitrogens is 1. The fourth-order valence-corrected chi connectivity index (χ4v) is 8.13. The number of anilines is 1. The van der Waals surface area contributed by atoms with Gasteiger partial charge in [0.05, 0.1) is 49.2 Å². The molecular formula is C35H43Cl3F2N8O6. The number of fused-ring (bicyclic) bond motifs is 1. The number of amides is 4. The molecule has 3 aromatic rings. The lowest BCUT2D eigenvalue weighted by Gasteiger charge is -2.38. The molecule has 3 saturated heterocycles. The molecule has 0 spiro atoms. The van der Waals surface area contributed by atoms with Crippen LogP contribution in [0.1, 0.15) is 27.4 Å². The van der Waals surface area contributed by atoms with Crippen molar-refractivity contribution in [1.82, 2.24) is 24.3 Å². The van der Waals surface area contributed by atoms with Crippen LogP contribution in [-0.4, -0.2) is 137 Å². The number of carbonyl (C=O) groups is 4. The van der Waals surface area contributed by atoms with Crippen LogP contribution in [-0.2, 0) is 11.8 Å². The van der Waals surface area contributed by atoms with E-state index < -0.39 is 23.5 Å². The maximum atomic E-state index is 14.7. The molecule has 0 saturated carbocycles. The summed E-state index contributed by atoms with van der Waals surface area (Å²) in [6, 6.07) is 7.03. The lowest BCUT2D eigenvalue weighted by Crippen LogP contribution is -3.00. The number of benzene rings is 2. The number of likely N-dealkylation sites (tertiary alicyclic amines) is 2. The molecule has 1 aromatic heterocycles. The second-order valence-electron chi connectivity index (χ2n) is 13.7. The number of ether oxygens (including phenoxy) is 1. The summed E-state index contributed by atoms with van der Waals surface area (Å²) in [6.07, 6.45) is 2.02. The van der Waals surface area contributed by atoms with E-state index in [0.29, 0.717) is 56.0 Å². The van der Waals surface area contributed by atoms with E-state index in [-0.39, 0.29) is 88.6 Å². The SMILES string of the molecule is COc1ccc(-c2cnc(C(=O)Nc3ccc(C(=O)N4CCN(C(=O)N5C[C@@H]6C[N+](CCCN)(CC(=O)O)C[C@@H]6C5)CC4)c(Cl)c3)n2C)c(F)c1F.Cl.[Cl-]. The molecule has 4 amide bonds. The van der Waals surface area contributed by atoms with Gasteiger partial charge in [0.2, 0.25) is 5.82 Å². The molecule has 0 bridgehead atoms. The van der Waals surface area contributed by atoms with Crippen molar-refractivity contribution in [1.29, 1.82) is 0 Å². The predicted octanol–water partition coefficient (Wildman–Crippen LogP) is 0.395. The molecule has 54 heavy (non-hydrogen) atoms. The summed E-state index contributed by atoms with van der Waals surface area (Å²) in [7, 11) is 2.72. The summed E-state index contributed by atoms with van der Waals surface area (Å²) in [6.45, 7) is 5.30. The lowest BCUT2D eigenvalue weighted by atomic mass is 10.0. The fraction of sp³-hybridized carbons (Fsp3) is 0.457. The highest BCUT2D eigenvalue weighted by Gasteiger charge is 2.51. The van der Waals surface area contributed by atoms with E-state index >= 15 is 0 Å². The molecule has 0 aliphatic carbocycles. The van der Waals surface area contributed by atoms with E-state index in [2.05, 4.69) is 10.3 Å². The van der Waals surface area contributed by atoms with Crippen LogP contribution in [0, 0.1) is 23.5 Å². The zero-order valence-electron chi connectivity index (χ0n) is 29.8. The first-order valence-corrected chi connectivity index (χ1v) is 17.5. The quantitative estimate of drug-likeness (QED) is 0.248. The van der Waals surface area contributed by atoms with Crippen LogP contribution in [0.25, 0.3) is 11.3 Å². The third-order valence-electron chi connectivity index (χ3n) is 10.4. The number of hydrogen-bond acceptors (Lipinski definition) is 7. The van der Waals surface area contributed by atoms with E-state index in [9.17, 15) is 33.1 Å². The minimum Gasteiger partial charge on any atom is -1.00 e. The molecule has 4 heterocycles. The van der Waals surface area contributed by atoms with Gasteiger partial charge in [-0.1, -0.05) is 11.6 Å². The number of imidazole rings is 1. The monoisotopic (exact) mass is 814 g/mol. The first-order valence-electron chi connectivity index (χ1n) is 17.1. The average molecular weight is 816 g/mol. The van der Waals surface area contributed by atoms with Gasteiger partial charge in [0.1, 0.15) is 0 Å². The number of nitrogens with one attached hydrogen (secondary N) is 1. The number of urea groups is 1. The van der Waals surface area contributed by atoms with Crippen LogP contribution in [0.5, 0.6) is 5.75 Å². The van der Waals surface area contributed by atoms with E-state index in [1.165, 1.54) is 55.3 Å². The molecule has 6 rings (SSSR count). The zero-order chi connectivity index (χ0) is 37.3. The summed E-state index contributed by atoms with van der Waals surface area (Å²) in [5.74, 6) is -3.88. The molecule has 19 heteroatoms. The highest BCUT2D eigenvalue weighted by molar-refractivity contribution is 6.34. The number of nitrogens with two attached hydrogens (primary N) is 1. The van der Waals surface area contributed by atoms with Gasteiger partial charge in [-0.3, -0.25) is 9.59 Å². The molecule has 14 nitrogen and oxygen atoms in total. The predicted molar refractivity (Wildman–Crippen MR) is 194 cm³/mol. The van der Waals surface area contributed by atoms with Gasteiger partial charge in [-0.05, 0) is 36.9 Å². The Bertz CT molecular complexity index is 1880. The molecule has 3 fully saturated rings. The maximum Gasteiger partial charge on any atom is 0.359 e. The van der Waals surface area contributed by atoms with Gasteiger partial charge in [-0.2, -0.15) is 4.39 Å².